The molecular formula is C18H14ClN3O3S. The fourth-order valence-corrected chi connectivity index (χ4v) is 2.96. The number of ether oxygens (including phenoxy) is 1. The maximum Gasteiger partial charge on any atom is 0.357 e. The van der Waals surface area contributed by atoms with Crippen molar-refractivity contribution in [2.24, 2.45) is 0 Å². The lowest BCUT2D eigenvalue weighted by Gasteiger charge is -2.04. The Morgan fingerprint density at radius 1 is 1.23 bits per heavy atom. The molecule has 132 valence electrons. The van der Waals surface area contributed by atoms with E-state index in [1.807, 2.05) is 36.6 Å². The fourth-order valence-electron chi connectivity index (χ4n) is 2.06. The lowest BCUT2D eigenvalue weighted by Crippen LogP contribution is -2.21. The van der Waals surface area contributed by atoms with Crippen molar-refractivity contribution in [3.05, 3.63) is 64.3 Å². The highest BCUT2D eigenvalue weighted by molar-refractivity contribution is 7.14. The van der Waals surface area contributed by atoms with Crippen molar-refractivity contribution >= 4 is 39.9 Å². The Kier molecular flexibility index (Phi) is 5.60. The molecule has 0 fully saturated rings. The molecule has 3 rings (SSSR count). The van der Waals surface area contributed by atoms with Gasteiger partial charge in [0.1, 0.15) is 5.69 Å². The first kappa shape index (κ1) is 18.0. The lowest BCUT2D eigenvalue weighted by molar-refractivity contribution is -0.119. The maximum atomic E-state index is 11.9. The minimum absolute atomic E-state index is 0.0428. The smallest absolute Gasteiger partial charge is 0.357 e. The minimum Gasteiger partial charge on any atom is -0.451 e. The number of benzene rings is 1. The number of hydrogen-bond acceptors (Lipinski definition) is 6. The zero-order valence-electron chi connectivity index (χ0n) is 13.7. The molecule has 0 saturated heterocycles. The van der Waals surface area contributed by atoms with E-state index in [0.29, 0.717) is 10.2 Å². The Morgan fingerprint density at radius 3 is 2.73 bits per heavy atom. The highest BCUT2D eigenvalue weighted by Crippen LogP contribution is 2.25. The van der Waals surface area contributed by atoms with Crippen molar-refractivity contribution in [3.8, 4) is 11.3 Å². The molecule has 0 spiro atoms. The zero-order chi connectivity index (χ0) is 18.5. The van der Waals surface area contributed by atoms with E-state index in [2.05, 4.69) is 15.3 Å². The number of anilines is 1. The Hall–Kier alpha value is -2.77. The quantitative estimate of drug-likeness (QED) is 0.670. The van der Waals surface area contributed by atoms with Crippen molar-refractivity contribution in [1.29, 1.82) is 0 Å². The molecule has 0 saturated carbocycles. The summed E-state index contributed by atoms with van der Waals surface area (Å²) in [4.78, 5) is 32.0. The molecule has 0 unspecified atom stereocenters. The molecule has 0 aliphatic carbocycles. The number of rotatable bonds is 5. The summed E-state index contributed by atoms with van der Waals surface area (Å²) in [5.41, 5.74) is 2.94. The van der Waals surface area contributed by atoms with Crippen LogP contribution in [0, 0.1) is 6.92 Å². The molecule has 0 bridgehead atoms. The molecule has 0 aliphatic rings. The zero-order valence-corrected chi connectivity index (χ0v) is 15.3. The number of nitrogens with one attached hydrogen (secondary N) is 1. The van der Waals surface area contributed by atoms with Crippen molar-refractivity contribution in [3.63, 3.8) is 0 Å². The SMILES string of the molecule is Cc1ccc(-c2csc(NC(=O)COC(=O)c3cc(Cl)ccn3)n2)cc1. The maximum absolute atomic E-state index is 11.9. The normalized spacial score (nSPS) is 10.4. The molecule has 2 aromatic heterocycles. The lowest BCUT2D eigenvalue weighted by atomic mass is 10.1. The average molecular weight is 388 g/mol. The molecular weight excluding hydrogens is 374 g/mol. The van der Waals surface area contributed by atoms with Gasteiger partial charge in [-0.1, -0.05) is 41.4 Å². The van der Waals surface area contributed by atoms with E-state index in [1.165, 1.54) is 23.6 Å². The summed E-state index contributed by atoms with van der Waals surface area (Å²) in [7, 11) is 0. The molecule has 2 heterocycles. The first-order valence-corrected chi connectivity index (χ1v) is 8.88. The molecule has 8 heteroatoms. The molecule has 1 aromatic carbocycles. The molecule has 0 aliphatic heterocycles. The third-order valence-corrected chi connectivity index (χ3v) is 4.36. The van der Waals surface area contributed by atoms with Crippen LogP contribution in [0.4, 0.5) is 5.13 Å². The van der Waals surface area contributed by atoms with Crippen LogP contribution in [0.1, 0.15) is 16.1 Å². The number of esters is 1. The Bertz CT molecular complexity index is 941. The monoisotopic (exact) mass is 387 g/mol. The molecule has 0 radical (unpaired) electrons. The first-order chi connectivity index (χ1) is 12.5. The number of carbonyl (C=O) groups excluding carboxylic acids is 2. The van der Waals surface area contributed by atoms with Crippen molar-refractivity contribution in [1.82, 2.24) is 9.97 Å². The fraction of sp³-hybridized carbons (Fsp3) is 0.111. The van der Waals surface area contributed by atoms with Gasteiger partial charge in [0.05, 0.1) is 5.69 Å². The van der Waals surface area contributed by atoms with Gasteiger partial charge in [-0.15, -0.1) is 11.3 Å². The number of carbonyl (C=O) groups is 2. The summed E-state index contributed by atoms with van der Waals surface area (Å²) in [5, 5.41) is 5.25. The number of aromatic nitrogens is 2. The van der Waals surface area contributed by atoms with Gasteiger partial charge in [-0.2, -0.15) is 0 Å². The van der Waals surface area contributed by atoms with E-state index < -0.39 is 18.5 Å². The number of nitrogens with zero attached hydrogens (tertiary/aromatic N) is 2. The Labute approximate surface area is 158 Å². The first-order valence-electron chi connectivity index (χ1n) is 7.62. The van der Waals surface area contributed by atoms with E-state index in [4.69, 9.17) is 16.3 Å². The molecule has 6 nitrogen and oxygen atoms in total. The van der Waals surface area contributed by atoms with Crippen LogP contribution in [0.2, 0.25) is 5.02 Å². The topological polar surface area (TPSA) is 81.2 Å². The highest BCUT2D eigenvalue weighted by Gasteiger charge is 2.13. The van der Waals surface area contributed by atoms with Gasteiger partial charge in [0.15, 0.2) is 11.7 Å². The van der Waals surface area contributed by atoms with Crippen LogP contribution in [0.3, 0.4) is 0 Å². The number of pyridine rings is 1. The van der Waals surface area contributed by atoms with E-state index in [9.17, 15) is 9.59 Å². The van der Waals surface area contributed by atoms with Crippen LogP contribution in [-0.2, 0) is 9.53 Å². The minimum atomic E-state index is -0.720. The van der Waals surface area contributed by atoms with Crippen LogP contribution >= 0.6 is 22.9 Å². The van der Waals surface area contributed by atoms with E-state index in [-0.39, 0.29) is 5.69 Å². The van der Waals surface area contributed by atoms with Gasteiger partial charge < -0.3 is 4.74 Å². The molecule has 1 N–H and O–H groups in total. The van der Waals surface area contributed by atoms with Crippen molar-refractivity contribution < 1.29 is 14.3 Å². The third-order valence-electron chi connectivity index (χ3n) is 3.36. The van der Waals surface area contributed by atoms with Crippen LogP contribution in [-0.4, -0.2) is 28.5 Å². The average Bonchev–Trinajstić information content (AvgIpc) is 3.08. The van der Waals surface area contributed by atoms with Crippen molar-refractivity contribution in [2.75, 3.05) is 11.9 Å². The number of aryl methyl sites for hydroxylation is 1. The van der Waals surface area contributed by atoms with Crippen LogP contribution in [0.5, 0.6) is 0 Å². The van der Waals surface area contributed by atoms with Gasteiger partial charge >= 0.3 is 5.97 Å². The van der Waals surface area contributed by atoms with E-state index >= 15 is 0 Å². The van der Waals surface area contributed by atoms with Gasteiger partial charge in [-0.05, 0) is 19.1 Å². The summed E-state index contributed by atoms with van der Waals surface area (Å²) in [6.45, 7) is 1.57. The number of halogens is 1. The number of amides is 1. The van der Waals surface area contributed by atoms with Crippen molar-refractivity contribution in [2.45, 2.75) is 6.92 Å². The second-order valence-corrected chi connectivity index (χ2v) is 6.68. The largest absolute Gasteiger partial charge is 0.451 e. The van der Waals surface area contributed by atoms with Gasteiger partial charge in [0.25, 0.3) is 5.91 Å². The van der Waals surface area contributed by atoms with Gasteiger partial charge in [0, 0.05) is 22.2 Å². The van der Waals surface area contributed by atoms with Gasteiger partial charge in [0.2, 0.25) is 0 Å². The van der Waals surface area contributed by atoms with Crippen LogP contribution in [0.25, 0.3) is 11.3 Å². The third kappa shape index (κ3) is 4.65. The predicted octanol–water partition coefficient (Wildman–Crippen LogP) is 3.96. The van der Waals surface area contributed by atoms with Crippen LogP contribution < -0.4 is 5.32 Å². The Balaban J connectivity index is 1.55. The summed E-state index contributed by atoms with van der Waals surface area (Å²) in [6.07, 6.45) is 1.39. The van der Waals surface area contributed by atoms with E-state index in [0.717, 1.165) is 16.8 Å². The second-order valence-electron chi connectivity index (χ2n) is 5.39. The molecule has 26 heavy (non-hydrogen) atoms. The number of hydrogen-bond donors (Lipinski definition) is 1. The van der Waals surface area contributed by atoms with Gasteiger partial charge in [-0.25, -0.2) is 14.8 Å². The van der Waals surface area contributed by atoms with E-state index in [1.54, 1.807) is 6.07 Å². The second kappa shape index (κ2) is 8.07. The number of thiazole rings is 1. The summed E-state index contributed by atoms with van der Waals surface area (Å²) in [6, 6.07) is 10.8. The summed E-state index contributed by atoms with van der Waals surface area (Å²) in [5.74, 6) is -1.20. The summed E-state index contributed by atoms with van der Waals surface area (Å²) < 4.78 is 4.93. The Morgan fingerprint density at radius 2 is 2.00 bits per heavy atom. The standard InChI is InChI=1S/C18H14ClN3O3S/c1-11-2-4-12(5-3-11)15-10-26-18(21-15)22-16(23)9-25-17(24)14-8-13(19)6-7-20-14/h2-8,10H,9H2,1H3,(H,21,22,23). The van der Waals surface area contributed by atoms with Gasteiger partial charge in [-0.3, -0.25) is 10.1 Å². The molecule has 3 aromatic rings. The highest BCUT2D eigenvalue weighted by atomic mass is 35.5. The van der Waals surface area contributed by atoms with Crippen LogP contribution in [0.15, 0.2) is 48.0 Å². The summed E-state index contributed by atoms with van der Waals surface area (Å²) >= 11 is 7.08. The predicted molar refractivity (Wildman–Crippen MR) is 100 cm³/mol. The molecule has 0 atom stereocenters. The molecule has 1 amide bonds.